The van der Waals surface area contributed by atoms with Crippen LogP contribution in [0, 0.1) is 0 Å². The van der Waals surface area contributed by atoms with E-state index in [1.165, 1.54) is 0 Å². The van der Waals surface area contributed by atoms with Gasteiger partial charge in [0.05, 0.1) is 6.26 Å². The first-order chi connectivity index (χ1) is 10.2. The zero-order valence-corrected chi connectivity index (χ0v) is 12.2. The lowest BCUT2D eigenvalue weighted by atomic mass is 9.96. The van der Waals surface area contributed by atoms with Crippen LogP contribution in [0.1, 0.15) is 36.8 Å². The molecule has 0 aliphatic carbocycles. The van der Waals surface area contributed by atoms with Gasteiger partial charge in [0.25, 0.3) is 0 Å². The molecule has 1 fully saturated rings. The lowest BCUT2D eigenvalue weighted by Gasteiger charge is -2.32. The fraction of sp³-hybridized carbons (Fsp3) is 0.533. The molecule has 2 aromatic rings. The number of aryl methyl sites for hydroxylation is 2. The Bertz CT molecular complexity index is 591. The van der Waals surface area contributed by atoms with Crippen LogP contribution in [0.4, 0.5) is 0 Å². The monoisotopic (exact) mass is 288 g/mol. The summed E-state index contributed by atoms with van der Waals surface area (Å²) in [6, 6.07) is 3.76. The van der Waals surface area contributed by atoms with Crippen LogP contribution in [0.3, 0.4) is 0 Å². The van der Waals surface area contributed by atoms with Crippen LogP contribution in [-0.2, 0) is 18.3 Å². The van der Waals surface area contributed by atoms with Crippen LogP contribution >= 0.6 is 0 Å². The van der Waals surface area contributed by atoms with Crippen molar-refractivity contribution in [3.05, 3.63) is 36.3 Å². The Balaban J connectivity index is 1.58. The number of likely N-dealkylation sites (tertiary alicyclic amines) is 1. The summed E-state index contributed by atoms with van der Waals surface area (Å²) in [5, 5.41) is 8.11. The van der Waals surface area contributed by atoms with Gasteiger partial charge in [-0.25, -0.2) is 0 Å². The van der Waals surface area contributed by atoms with Gasteiger partial charge in [0.2, 0.25) is 5.91 Å². The average molecular weight is 288 g/mol. The Hall–Kier alpha value is -2.11. The van der Waals surface area contributed by atoms with Crippen LogP contribution in [-0.4, -0.2) is 38.7 Å². The maximum absolute atomic E-state index is 12.3. The SMILES string of the molecule is Cn1cnnc1[C@@H]1CCCN(C(=O)CCc2ccco2)C1. The lowest BCUT2D eigenvalue weighted by molar-refractivity contribution is -0.132. The third-order valence-corrected chi connectivity index (χ3v) is 4.05. The third-order valence-electron chi connectivity index (χ3n) is 4.05. The molecule has 6 nitrogen and oxygen atoms in total. The summed E-state index contributed by atoms with van der Waals surface area (Å²) in [4.78, 5) is 14.3. The number of nitrogens with zero attached hydrogens (tertiary/aromatic N) is 4. The summed E-state index contributed by atoms with van der Waals surface area (Å²) in [6.07, 6.45) is 6.60. The van der Waals surface area contributed by atoms with Crippen molar-refractivity contribution in [2.45, 2.75) is 31.6 Å². The number of carbonyl (C=O) groups is 1. The topological polar surface area (TPSA) is 64.2 Å². The second kappa shape index (κ2) is 6.11. The number of carbonyl (C=O) groups excluding carboxylic acids is 1. The van der Waals surface area contributed by atoms with E-state index in [-0.39, 0.29) is 5.91 Å². The van der Waals surface area contributed by atoms with E-state index in [4.69, 9.17) is 4.42 Å². The number of hydrogen-bond acceptors (Lipinski definition) is 4. The van der Waals surface area contributed by atoms with E-state index in [0.29, 0.717) is 18.8 Å². The smallest absolute Gasteiger partial charge is 0.223 e. The first-order valence-corrected chi connectivity index (χ1v) is 7.38. The molecule has 3 rings (SSSR count). The Kier molecular flexibility index (Phi) is 4.03. The Morgan fingerprint density at radius 3 is 3.14 bits per heavy atom. The second-order valence-electron chi connectivity index (χ2n) is 5.56. The van der Waals surface area contributed by atoms with Crippen molar-refractivity contribution in [1.29, 1.82) is 0 Å². The molecule has 0 N–H and O–H groups in total. The van der Waals surface area contributed by atoms with Gasteiger partial charge in [-0.1, -0.05) is 0 Å². The molecule has 1 saturated heterocycles. The highest BCUT2D eigenvalue weighted by Gasteiger charge is 2.27. The number of piperidine rings is 1. The minimum Gasteiger partial charge on any atom is -0.469 e. The van der Waals surface area contributed by atoms with Crippen molar-refractivity contribution >= 4 is 5.91 Å². The van der Waals surface area contributed by atoms with E-state index >= 15 is 0 Å². The summed E-state index contributed by atoms with van der Waals surface area (Å²) < 4.78 is 7.22. The minimum atomic E-state index is 0.193. The molecule has 112 valence electrons. The van der Waals surface area contributed by atoms with E-state index in [0.717, 1.165) is 37.5 Å². The van der Waals surface area contributed by atoms with Crippen LogP contribution < -0.4 is 0 Å². The van der Waals surface area contributed by atoms with Crippen LogP contribution in [0.25, 0.3) is 0 Å². The normalized spacial score (nSPS) is 18.9. The summed E-state index contributed by atoms with van der Waals surface area (Å²) >= 11 is 0. The summed E-state index contributed by atoms with van der Waals surface area (Å²) in [5.41, 5.74) is 0. The van der Waals surface area contributed by atoms with Crippen LogP contribution in [0.15, 0.2) is 29.1 Å². The quantitative estimate of drug-likeness (QED) is 0.859. The molecule has 6 heteroatoms. The number of amides is 1. The third kappa shape index (κ3) is 3.15. The molecule has 0 unspecified atom stereocenters. The average Bonchev–Trinajstić information content (AvgIpc) is 3.16. The highest BCUT2D eigenvalue weighted by Crippen LogP contribution is 2.25. The largest absolute Gasteiger partial charge is 0.469 e. The molecule has 0 aromatic carbocycles. The van der Waals surface area contributed by atoms with Gasteiger partial charge in [0, 0.05) is 38.9 Å². The highest BCUT2D eigenvalue weighted by molar-refractivity contribution is 5.76. The molecule has 0 saturated carbocycles. The molecule has 1 amide bonds. The van der Waals surface area contributed by atoms with Crippen molar-refractivity contribution in [3.63, 3.8) is 0 Å². The molecule has 0 radical (unpaired) electrons. The van der Waals surface area contributed by atoms with Crippen molar-refractivity contribution in [1.82, 2.24) is 19.7 Å². The number of hydrogen-bond donors (Lipinski definition) is 0. The van der Waals surface area contributed by atoms with Crippen LogP contribution in [0.2, 0.25) is 0 Å². The molecule has 1 aliphatic rings. The van der Waals surface area contributed by atoms with Gasteiger partial charge in [-0.05, 0) is 25.0 Å². The first kappa shape index (κ1) is 13.9. The molecule has 0 spiro atoms. The van der Waals surface area contributed by atoms with Crippen molar-refractivity contribution in [3.8, 4) is 0 Å². The molecule has 1 atom stereocenters. The van der Waals surface area contributed by atoms with Gasteiger partial charge in [0.1, 0.15) is 17.9 Å². The predicted octanol–water partition coefficient (Wildman–Crippen LogP) is 1.75. The van der Waals surface area contributed by atoms with Gasteiger partial charge in [-0.3, -0.25) is 4.79 Å². The van der Waals surface area contributed by atoms with E-state index in [1.807, 2.05) is 28.6 Å². The van der Waals surface area contributed by atoms with Crippen molar-refractivity contribution in [2.75, 3.05) is 13.1 Å². The summed E-state index contributed by atoms with van der Waals surface area (Å²) in [5.74, 6) is 2.32. The minimum absolute atomic E-state index is 0.193. The fourth-order valence-electron chi connectivity index (χ4n) is 2.92. The Morgan fingerprint density at radius 2 is 2.43 bits per heavy atom. The zero-order valence-electron chi connectivity index (χ0n) is 12.2. The Labute approximate surface area is 123 Å². The van der Waals surface area contributed by atoms with Crippen molar-refractivity contribution < 1.29 is 9.21 Å². The molecule has 21 heavy (non-hydrogen) atoms. The van der Waals surface area contributed by atoms with Gasteiger partial charge in [-0.15, -0.1) is 10.2 Å². The molecule has 1 aliphatic heterocycles. The molecule has 0 bridgehead atoms. The van der Waals surface area contributed by atoms with Crippen LogP contribution in [0.5, 0.6) is 0 Å². The standard InChI is InChI=1S/C15H20N4O2/c1-18-11-16-17-15(18)12-4-2-8-19(10-12)14(20)7-6-13-5-3-9-21-13/h3,5,9,11-12H,2,4,6-8,10H2,1H3/t12-/m1/s1. The van der Waals surface area contributed by atoms with E-state index in [9.17, 15) is 4.79 Å². The fourth-order valence-corrected chi connectivity index (χ4v) is 2.92. The maximum Gasteiger partial charge on any atom is 0.223 e. The molecule has 3 heterocycles. The molecule has 2 aromatic heterocycles. The summed E-state index contributed by atoms with van der Waals surface area (Å²) in [7, 11) is 1.95. The molecular formula is C15H20N4O2. The van der Waals surface area contributed by atoms with Crippen molar-refractivity contribution in [2.24, 2.45) is 7.05 Å². The summed E-state index contributed by atoms with van der Waals surface area (Å²) in [6.45, 7) is 1.58. The zero-order chi connectivity index (χ0) is 14.7. The number of rotatable bonds is 4. The Morgan fingerprint density at radius 1 is 1.52 bits per heavy atom. The van der Waals surface area contributed by atoms with Gasteiger partial charge in [0.15, 0.2) is 0 Å². The van der Waals surface area contributed by atoms with E-state index < -0.39 is 0 Å². The second-order valence-corrected chi connectivity index (χ2v) is 5.56. The van der Waals surface area contributed by atoms with E-state index in [2.05, 4.69) is 10.2 Å². The van der Waals surface area contributed by atoms with E-state index in [1.54, 1.807) is 12.6 Å². The number of aromatic nitrogens is 3. The molecular weight excluding hydrogens is 268 g/mol. The highest BCUT2D eigenvalue weighted by atomic mass is 16.3. The lowest BCUT2D eigenvalue weighted by Crippen LogP contribution is -2.39. The predicted molar refractivity (Wildman–Crippen MR) is 76.6 cm³/mol. The van der Waals surface area contributed by atoms with Gasteiger partial charge < -0.3 is 13.9 Å². The first-order valence-electron chi connectivity index (χ1n) is 7.38. The maximum atomic E-state index is 12.3. The van der Waals surface area contributed by atoms with Gasteiger partial charge >= 0.3 is 0 Å². The number of furan rings is 1. The van der Waals surface area contributed by atoms with Gasteiger partial charge in [-0.2, -0.15) is 0 Å².